The lowest BCUT2D eigenvalue weighted by Gasteiger charge is -2.24. The molecule has 0 aliphatic carbocycles. The van der Waals surface area contributed by atoms with Gasteiger partial charge in [-0.05, 0) is 11.5 Å². The van der Waals surface area contributed by atoms with Crippen molar-refractivity contribution in [2.45, 2.75) is 6.92 Å². The molecule has 2 aromatic rings. The molecule has 106 valence electrons. The topological polar surface area (TPSA) is 57.7 Å². The molecule has 3 amide bonds. The van der Waals surface area contributed by atoms with Crippen molar-refractivity contribution in [3.8, 4) is 0 Å². The fraction of sp³-hybridized carbons (Fsp3) is 0.133. The number of halogens is 1. The van der Waals surface area contributed by atoms with Crippen molar-refractivity contribution < 1.29 is 14.4 Å². The highest BCUT2D eigenvalue weighted by Gasteiger charge is 2.40. The van der Waals surface area contributed by atoms with Crippen LogP contribution in [0.15, 0.2) is 30.3 Å². The van der Waals surface area contributed by atoms with E-state index in [0.29, 0.717) is 15.8 Å². The van der Waals surface area contributed by atoms with Gasteiger partial charge in [-0.25, -0.2) is 5.01 Å². The van der Waals surface area contributed by atoms with Crippen molar-refractivity contribution in [2.24, 2.45) is 0 Å². The number of imide groups is 1. The Morgan fingerprint density at radius 3 is 2.38 bits per heavy atom. The Balaban J connectivity index is 2.28. The number of benzene rings is 2. The number of carbonyl (C=O) groups is 3. The standard InChI is InChI=1S/C15H11ClN2O3/c1-8(19)17(2)18-14(20)11-7-12(16)9-5-3-4-6-10(9)13(11)15(18)21/h3-7H,1-2H3. The summed E-state index contributed by atoms with van der Waals surface area (Å²) in [4.78, 5) is 36.4. The molecular formula is C15H11ClN2O3. The smallest absolute Gasteiger partial charge is 0.273 e. The molecule has 21 heavy (non-hydrogen) atoms. The van der Waals surface area contributed by atoms with E-state index in [9.17, 15) is 14.4 Å². The van der Waals surface area contributed by atoms with E-state index in [2.05, 4.69) is 0 Å². The van der Waals surface area contributed by atoms with Gasteiger partial charge in [-0.3, -0.25) is 14.4 Å². The highest BCUT2D eigenvalue weighted by molar-refractivity contribution is 6.38. The van der Waals surface area contributed by atoms with Gasteiger partial charge in [0.05, 0.1) is 11.1 Å². The molecule has 0 unspecified atom stereocenters. The van der Waals surface area contributed by atoms with Crippen molar-refractivity contribution in [2.75, 3.05) is 7.05 Å². The van der Waals surface area contributed by atoms with Crippen LogP contribution in [-0.4, -0.2) is 34.8 Å². The van der Waals surface area contributed by atoms with E-state index in [4.69, 9.17) is 11.6 Å². The van der Waals surface area contributed by atoms with Crippen molar-refractivity contribution >= 4 is 40.1 Å². The third kappa shape index (κ3) is 1.81. The van der Waals surface area contributed by atoms with Gasteiger partial charge in [0.1, 0.15) is 0 Å². The molecule has 0 saturated carbocycles. The quantitative estimate of drug-likeness (QED) is 0.760. The molecule has 5 nitrogen and oxygen atoms in total. The summed E-state index contributed by atoms with van der Waals surface area (Å²) in [5, 5.41) is 3.56. The summed E-state index contributed by atoms with van der Waals surface area (Å²) in [7, 11) is 1.38. The van der Waals surface area contributed by atoms with Crippen LogP contribution in [0.2, 0.25) is 5.02 Å². The zero-order valence-corrected chi connectivity index (χ0v) is 12.1. The van der Waals surface area contributed by atoms with Crippen LogP contribution >= 0.6 is 11.6 Å². The Labute approximate surface area is 125 Å². The van der Waals surface area contributed by atoms with E-state index < -0.39 is 17.7 Å². The number of carbonyl (C=O) groups excluding carboxylic acids is 3. The van der Waals surface area contributed by atoms with Crippen LogP contribution in [-0.2, 0) is 4.79 Å². The molecule has 6 heteroatoms. The third-order valence-corrected chi connectivity index (χ3v) is 3.89. The lowest BCUT2D eigenvalue weighted by molar-refractivity contribution is -0.136. The molecule has 1 aliphatic rings. The monoisotopic (exact) mass is 302 g/mol. The normalized spacial score (nSPS) is 13.8. The number of rotatable bonds is 1. The number of hydrogen-bond acceptors (Lipinski definition) is 3. The molecule has 0 bridgehead atoms. The van der Waals surface area contributed by atoms with Gasteiger partial charge in [-0.15, -0.1) is 0 Å². The average Bonchev–Trinajstić information content (AvgIpc) is 2.70. The Hall–Kier alpha value is -2.40. The lowest BCUT2D eigenvalue weighted by Crippen LogP contribution is -2.46. The van der Waals surface area contributed by atoms with Gasteiger partial charge < -0.3 is 0 Å². The van der Waals surface area contributed by atoms with E-state index in [-0.39, 0.29) is 11.1 Å². The first-order valence-electron chi connectivity index (χ1n) is 6.27. The van der Waals surface area contributed by atoms with Crippen LogP contribution in [0, 0.1) is 0 Å². The maximum absolute atomic E-state index is 12.5. The first kappa shape index (κ1) is 13.6. The van der Waals surface area contributed by atoms with Crippen molar-refractivity contribution in [3.63, 3.8) is 0 Å². The first-order chi connectivity index (χ1) is 9.93. The van der Waals surface area contributed by atoms with Gasteiger partial charge >= 0.3 is 0 Å². The fourth-order valence-electron chi connectivity index (χ4n) is 2.46. The highest BCUT2D eigenvalue weighted by atomic mass is 35.5. The third-order valence-electron chi connectivity index (χ3n) is 3.58. The van der Waals surface area contributed by atoms with Crippen LogP contribution in [0.25, 0.3) is 10.8 Å². The molecule has 0 aromatic heterocycles. The predicted molar refractivity (Wildman–Crippen MR) is 77.9 cm³/mol. The number of fused-ring (bicyclic) bond motifs is 3. The lowest BCUT2D eigenvalue weighted by atomic mass is 10.0. The minimum atomic E-state index is -0.541. The number of nitrogens with zero attached hydrogens (tertiary/aromatic N) is 2. The summed E-state index contributed by atoms with van der Waals surface area (Å²) in [6, 6.07) is 8.58. The van der Waals surface area contributed by atoms with Crippen molar-refractivity contribution in [1.29, 1.82) is 0 Å². The van der Waals surface area contributed by atoms with Crippen LogP contribution in [0.4, 0.5) is 0 Å². The summed E-state index contributed by atoms with van der Waals surface area (Å²) in [6.07, 6.45) is 0. The van der Waals surface area contributed by atoms with Gasteiger partial charge in [0, 0.05) is 24.4 Å². The second-order valence-corrected chi connectivity index (χ2v) is 5.20. The Kier molecular flexibility index (Phi) is 2.95. The Bertz CT molecular complexity index is 816. The van der Waals surface area contributed by atoms with E-state index in [1.54, 1.807) is 24.3 Å². The highest BCUT2D eigenvalue weighted by Crippen LogP contribution is 2.35. The average molecular weight is 303 g/mol. The van der Waals surface area contributed by atoms with Crippen LogP contribution in [0.1, 0.15) is 27.6 Å². The molecule has 0 N–H and O–H groups in total. The molecule has 0 spiro atoms. The fourth-order valence-corrected chi connectivity index (χ4v) is 2.73. The maximum Gasteiger partial charge on any atom is 0.281 e. The summed E-state index contributed by atoms with van der Waals surface area (Å²) in [6.45, 7) is 1.29. The Morgan fingerprint density at radius 1 is 1.14 bits per heavy atom. The summed E-state index contributed by atoms with van der Waals surface area (Å²) < 4.78 is 0. The molecule has 1 heterocycles. The molecule has 3 rings (SSSR count). The van der Waals surface area contributed by atoms with Crippen molar-refractivity contribution in [1.82, 2.24) is 10.0 Å². The molecule has 0 fully saturated rings. The zero-order valence-electron chi connectivity index (χ0n) is 11.4. The van der Waals surface area contributed by atoms with Gasteiger partial charge in [-0.1, -0.05) is 35.9 Å². The predicted octanol–water partition coefficient (Wildman–Crippen LogP) is 2.48. The number of amides is 3. The zero-order chi connectivity index (χ0) is 15.3. The van der Waals surface area contributed by atoms with Crippen molar-refractivity contribution in [3.05, 3.63) is 46.5 Å². The van der Waals surface area contributed by atoms with E-state index in [0.717, 1.165) is 10.0 Å². The van der Waals surface area contributed by atoms with Crippen LogP contribution in [0.5, 0.6) is 0 Å². The second kappa shape index (κ2) is 4.56. The van der Waals surface area contributed by atoms with Gasteiger partial charge in [0.25, 0.3) is 11.8 Å². The van der Waals surface area contributed by atoms with E-state index >= 15 is 0 Å². The maximum atomic E-state index is 12.5. The molecule has 0 saturated heterocycles. The van der Waals surface area contributed by atoms with Crippen LogP contribution in [0.3, 0.4) is 0 Å². The Morgan fingerprint density at radius 2 is 1.76 bits per heavy atom. The minimum Gasteiger partial charge on any atom is -0.273 e. The first-order valence-corrected chi connectivity index (χ1v) is 6.65. The SMILES string of the molecule is CC(=O)N(C)N1C(=O)c2cc(Cl)c3ccccc3c2C1=O. The minimum absolute atomic E-state index is 0.219. The van der Waals surface area contributed by atoms with Gasteiger partial charge in [0.15, 0.2) is 0 Å². The summed E-state index contributed by atoms with van der Waals surface area (Å²) in [5.41, 5.74) is 0.505. The number of hydrazine groups is 1. The number of hydrogen-bond donors (Lipinski definition) is 0. The molecule has 0 atom stereocenters. The van der Waals surface area contributed by atoms with E-state index in [1.807, 2.05) is 0 Å². The molecule has 0 radical (unpaired) electrons. The molecular weight excluding hydrogens is 292 g/mol. The largest absolute Gasteiger partial charge is 0.281 e. The second-order valence-electron chi connectivity index (χ2n) is 4.79. The molecule has 2 aromatic carbocycles. The van der Waals surface area contributed by atoms with Crippen LogP contribution < -0.4 is 0 Å². The van der Waals surface area contributed by atoms with E-state index in [1.165, 1.54) is 20.0 Å². The van der Waals surface area contributed by atoms with Gasteiger partial charge in [-0.2, -0.15) is 5.01 Å². The summed E-state index contributed by atoms with van der Waals surface area (Å²) in [5.74, 6) is -1.46. The summed E-state index contributed by atoms with van der Waals surface area (Å²) >= 11 is 6.18. The molecule has 1 aliphatic heterocycles. The van der Waals surface area contributed by atoms with Gasteiger partial charge in [0.2, 0.25) is 5.91 Å².